The smallest absolute Gasteiger partial charge is 0.382 e. The van der Waals surface area contributed by atoms with Gasteiger partial charge in [0.25, 0.3) is 0 Å². The quantitative estimate of drug-likeness (QED) is 0.307. The maximum absolute atomic E-state index is 12.0. The Morgan fingerprint density at radius 1 is 0.857 bits per heavy atom. The first-order valence-corrected chi connectivity index (χ1v) is 10.7. The third-order valence-electron chi connectivity index (χ3n) is 4.83. The van der Waals surface area contributed by atoms with Crippen LogP contribution in [0.5, 0.6) is 17.2 Å². The normalized spacial score (nSPS) is 11.1. The van der Waals surface area contributed by atoms with Crippen LogP contribution in [0.25, 0.3) is 11.0 Å². The van der Waals surface area contributed by atoms with Crippen LogP contribution in [0.4, 0.5) is 0 Å². The largest absolute Gasteiger partial charge is 0.499 e. The lowest BCUT2D eigenvalue weighted by molar-refractivity contribution is 0.285. The third kappa shape index (κ3) is 6.47. The Labute approximate surface area is 167 Å². The Balaban J connectivity index is 1.95. The number of hydrogen-bond donors (Lipinski definition) is 1. The van der Waals surface area contributed by atoms with Crippen molar-refractivity contribution in [2.24, 2.45) is 0 Å². The van der Waals surface area contributed by atoms with E-state index in [-0.39, 0.29) is 5.75 Å². The summed E-state index contributed by atoms with van der Waals surface area (Å²) in [6, 6.07) is 5.36. The molecule has 0 aliphatic carbocycles. The Kier molecular flexibility index (Phi) is 9.73. The molecule has 2 aromatic rings. The van der Waals surface area contributed by atoms with E-state index in [9.17, 15) is 9.90 Å². The van der Waals surface area contributed by atoms with Gasteiger partial charge in [-0.2, -0.15) is 0 Å². The first-order valence-electron chi connectivity index (χ1n) is 10.7. The zero-order valence-corrected chi connectivity index (χ0v) is 17.3. The van der Waals surface area contributed by atoms with Crippen molar-refractivity contribution in [2.75, 3.05) is 13.2 Å². The fourth-order valence-corrected chi connectivity index (χ4v) is 3.16. The number of ether oxygens (including phenoxy) is 2. The topological polar surface area (TPSA) is 68.9 Å². The van der Waals surface area contributed by atoms with Gasteiger partial charge < -0.3 is 19.0 Å². The van der Waals surface area contributed by atoms with E-state index in [4.69, 9.17) is 13.9 Å². The van der Waals surface area contributed by atoms with Gasteiger partial charge in [-0.3, -0.25) is 0 Å². The zero-order chi connectivity index (χ0) is 20.2. The molecular weight excluding hydrogens is 356 g/mol. The molecular formula is C23H34O5. The van der Waals surface area contributed by atoms with Crippen molar-refractivity contribution in [2.45, 2.75) is 78.1 Å². The molecule has 0 bridgehead atoms. The van der Waals surface area contributed by atoms with Crippen molar-refractivity contribution in [3.05, 3.63) is 28.6 Å². The second-order valence-corrected chi connectivity index (χ2v) is 7.23. The summed E-state index contributed by atoms with van der Waals surface area (Å²) in [6.07, 6.45) is 11.7. The van der Waals surface area contributed by atoms with Gasteiger partial charge in [0.05, 0.1) is 18.6 Å². The van der Waals surface area contributed by atoms with E-state index in [2.05, 4.69) is 13.8 Å². The standard InChI is InChI=1S/C23H34O5/c1-3-5-7-8-9-10-11-12-17-26-19-15-13-14-18-21(19)28-23(25)20(24)22(18)27-16-6-4-2/h13-15,24H,3-12,16-17H2,1-2H3. The summed E-state index contributed by atoms with van der Waals surface area (Å²) in [7, 11) is 0. The SMILES string of the molecule is CCCCCCCCCCOc1cccc2c(OCCCC)c(O)c(=O)oc12. The highest BCUT2D eigenvalue weighted by molar-refractivity contribution is 5.89. The molecule has 0 spiro atoms. The van der Waals surface area contributed by atoms with Crippen LogP contribution in [0, 0.1) is 0 Å². The first-order chi connectivity index (χ1) is 13.7. The monoisotopic (exact) mass is 390 g/mol. The van der Waals surface area contributed by atoms with Crippen molar-refractivity contribution in [3.63, 3.8) is 0 Å². The van der Waals surface area contributed by atoms with Crippen LogP contribution in [0.1, 0.15) is 78.1 Å². The molecule has 0 saturated carbocycles. The van der Waals surface area contributed by atoms with Crippen LogP contribution in [-0.4, -0.2) is 18.3 Å². The van der Waals surface area contributed by atoms with Crippen LogP contribution < -0.4 is 15.1 Å². The van der Waals surface area contributed by atoms with Gasteiger partial charge in [-0.15, -0.1) is 0 Å². The van der Waals surface area contributed by atoms with Crippen LogP contribution in [0.15, 0.2) is 27.4 Å². The molecule has 2 rings (SSSR count). The van der Waals surface area contributed by atoms with E-state index in [0.29, 0.717) is 29.9 Å². The highest BCUT2D eigenvalue weighted by Crippen LogP contribution is 2.36. The maximum atomic E-state index is 12.0. The molecule has 0 aliphatic heterocycles. The molecule has 1 N–H and O–H groups in total. The van der Waals surface area contributed by atoms with E-state index in [1.165, 1.54) is 38.5 Å². The van der Waals surface area contributed by atoms with Gasteiger partial charge in [0, 0.05) is 0 Å². The van der Waals surface area contributed by atoms with Crippen LogP contribution in [0.3, 0.4) is 0 Å². The Bertz CT molecular complexity index is 765. The fourth-order valence-electron chi connectivity index (χ4n) is 3.16. The fraction of sp³-hybridized carbons (Fsp3) is 0.609. The average molecular weight is 391 g/mol. The summed E-state index contributed by atoms with van der Waals surface area (Å²) in [5.41, 5.74) is -0.474. The van der Waals surface area contributed by atoms with Crippen molar-refractivity contribution >= 4 is 11.0 Å². The minimum atomic E-state index is -0.804. The number of hydrogen-bond acceptors (Lipinski definition) is 5. The van der Waals surface area contributed by atoms with Gasteiger partial charge in [0.2, 0.25) is 5.75 Å². The minimum absolute atomic E-state index is 0.178. The number of unbranched alkanes of at least 4 members (excludes halogenated alkanes) is 8. The molecule has 0 radical (unpaired) electrons. The maximum Gasteiger partial charge on any atom is 0.382 e. The molecule has 0 amide bonds. The molecule has 156 valence electrons. The van der Waals surface area contributed by atoms with Gasteiger partial charge in [0.15, 0.2) is 17.1 Å². The second kappa shape index (κ2) is 12.3. The third-order valence-corrected chi connectivity index (χ3v) is 4.83. The number of benzene rings is 1. The summed E-state index contributed by atoms with van der Waals surface area (Å²) in [5.74, 6) is 0.207. The summed E-state index contributed by atoms with van der Waals surface area (Å²) in [6.45, 7) is 5.29. The molecule has 0 aliphatic rings. The molecule has 28 heavy (non-hydrogen) atoms. The van der Waals surface area contributed by atoms with Crippen molar-refractivity contribution in [3.8, 4) is 17.2 Å². The lowest BCUT2D eigenvalue weighted by Gasteiger charge is -2.12. The molecule has 0 fully saturated rings. The predicted molar refractivity (Wildman–Crippen MR) is 113 cm³/mol. The molecule has 0 unspecified atom stereocenters. The Hall–Kier alpha value is -2.17. The summed E-state index contributed by atoms with van der Waals surface area (Å²) in [4.78, 5) is 12.0. The van der Waals surface area contributed by atoms with Crippen molar-refractivity contribution in [1.82, 2.24) is 0 Å². The molecule has 5 heteroatoms. The highest BCUT2D eigenvalue weighted by atomic mass is 16.5. The second-order valence-electron chi connectivity index (χ2n) is 7.23. The van der Waals surface area contributed by atoms with Crippen LogP contribution in [0.2, 0.25) is 0 Å². The van der Waals surface area contributed by atoms with E-state index >= 15 is 0 Å². The van der Waals surface area contributed by atoms with Gasteiger partial charge in [-0.05, 0) is 25.0 Å². The van der Waals surface area contributed by atoms with E-state index in [1.807, 2.05) is 6.07 Å². The van der Waals surface area contributed by atoms with E-state index < -0.39 is 11.4 Å². The zero-order valence-electron chi connectivity index (χ0n) is 17.3. The van der Waals surface area contributed by atoms with Crippen LogP contribution in [-0.2, 0) is 0 Å². The number of aromatic hydroxyl groups is 1. The van der Waals surface area contributed by atoms with E-state index in [1.54, 1.807) is 12.1 Å². The Morgan fingerprint density at radius 2 is 1.50 bits per heavy atom. The van der Waals surface area contributed by atoms with Crippen molar-refractivity contribution < 1.29 is 19.0 Å². The molecule has 1 aromatic carbocycles. The van der Waals surface area contributed by atoms with Crippen molar-refractivity contribution in [1.29, 1.82) is 0 Å². The molecule has 1 aromatic heterocycles. The lowest BCUT2D eigenvalue weighted by Crippen LogP contribution is -2.06. The van der Waals surface area contributed by atoms with E-state index in [0.717, 1.165) is 25.7 Å². The molecule has 0 saturated heterocycles. The summed E-state index contributed by atoms with van der Waals surface area (Å²) < 4.78 is 16.8. The number of para-hydroxylation sites is 1. The summed E-state index contributed by atoms with van der Waals surface area (Å²) in [5, 5.41) is 10.6. The average Bonchev–Trinajstić information content (AvgIpc) is 2.70. The highest BCUT2D eigenvalue weighted by Gasteiger charge is 2.18. The van der Waals surface area contributed by atoms with Crippen LogP contribution >= 0.6 is 0 Å². The molecule has 0 atom stereocenters. The minimum Gasteiger partial charge on any atom is -0.499 e. The molecule has 5 nitrogen and oxygen atoms in total. The lowest BCUT2D eigenvalue weighted by atomic mass is 10.1. The Morgan fingerprint density at radius 3 is 2.21 bits per heavy atom. The number of fused-ring (bicyclic) bond motifs is 1. The molecule has 1 heterocycles. The predicted octanol–water partition coefficient (Wildman–Crippen LogP) is 6.20. The van der Waals surface area contributed by atoms with Gasteiger partial charge in [0.1, 0.15) is 0 Å². The summed E-state index contributed by atoms with van der Waals surface area (Å²) >= 11 is 0. The number of rotatable bonds is 14. The van der Waals surface area contributed by atoms with Gasteiger partial charge >= 0.3 is 5.63 Å². The first kappa shape index (κ1) is 22.1. The van der Waals surface area contributed by atoms with Gasteiger partial charge in [-0.25, -0.2) is 4.79 Å². The van der Waals surface area contributed by atoms with Gasteiger partial charge in [-0.1, -0.05) is 71.3 Å².